The topological polar surface area (TPSA) is 48.4 Å². The Hall–Kier alpha value is -1.88. The van der Waals surface area contributed by atoms with Crippen molar-refractivity contribution in [1.82, 2.24) is 0 Å². The molecular formula is C12H10FNO2S. The average Bonchev–Trinajstić information content (AvgIpc) is 2.78. The Morgan fingerprint density at radius 2 is 2.18 bits per heavy atom. The number of halogens is 1. The second-order valence-corrected chi connectivity index (χ2v) is 3.79. The number of thiocarbonyl (C=S) groups is 1. The van der Waals surface area contributed by atoms with Gasteiger partial charge in [-0.25, -0.2) is 4.39 Å². The number of rotatable bonds is 4. The first kappa shape index (κ1) is 11.6. The number of benzene rings is 1. The minimum Gasteiger partial charge on any atom is -0.485 e. The van der Waals surface area contributed by atoms with Crippen molar-refractivity contribution < 1.29 is 13.5 Å². The Kier molecular flexibility index (Phi) is 3.39. The lowest BCUT2D eigenvalue weighted by Crippen LogP contribution is -2.13. The molecule has 0 unspecified atom stereocenters. The van der Waals surface area contributed by atoms with Gasteiger partial charge in [-0.3, -0.25) is 0 Å². The SMILES string of the molecule is NC(=S)c1c(F)cccc1OCc1ccco1. The number of ether oxygens (including phenoxy) is 1. The normalized spacial score (nSPS) is 10.2. The minimum absolute atomic E-state index is 0.0301. The number of nitrogens with two attached hydrogens (primary N) is 1. The van der Waals surface area contributed by atoms with Crippen LogP contribution in [-0.4, -0.2) is 4.99 Å². The van der Waals surface area contributed by atoms with Gasteiger partial charge < -0.3 is 14.9 Å². The molecule has 0 radical (unpaired) electrons. The molecule has 1 aromatic heterocycles. The van der Waals surface area contributed by atoms with E-state index in [4.69, 9.17) is 27.1 Å². The van der Waals surface area contributed by atoms with E-state index in [2.05, 4.69) is 0 Å². The van der Waals surface area contributed by atoms with E-state index in [0.717, 1.165) is 0 Å². The lowest BCUT2D eigenvalue weighted by molar-refractivity contribution is 0.268. The lowest BCUT2D eigenvalue weighted by atomic mass is 10.2. The molecule has 2 N–H and O–H groups in total. The number of hydrogen-bond acceptors (Lipinski definition) is 3. The lowest BCUT2D eigenvalue weighted by Gasteiger charge is -2.10. The first-order valence-electron chi connectivity index (χ1n) is 4.92. The summed E-state index contributed by atoms with van der Waals surface area (Å²) in [4.78, 5) is -0.0301. The van der Waals surface area contributed by atoms with E-state index in [1.54, 1.807) is 24.5 Å². The summed E-state index contributed by atoms with van der Waals surface area (Å²) in [5, 5.41) is 0. The molecule has 2 rings (SSSR count). The van der Waals surface area contributed by atoms with E-state index in [1.165, 1.54) is 12.1 Å². The third-order valence-corrected chi connectivity index (χ3v) is 2.38. The third kappa shape index (κ3) is 2.62. The maximum absolute atomic E-state index is 13.5. The van der Waals surface area contributed by atoms with Gasteiger partial charge in [-0.05, 0) is 24.3 Å². The Morgan fingerprint density at radius 1 is 1.35 bits per heavy atom. The fourth-order valence-corrected chi connectivity index (χ4v) is 1.61. The van der Waals surface area contributed by atoms with Crippen LogP contribution in [0.1, 0.15) is 11.3 Å². The average molecular weight is 251 g/mol. The molecule has 1 aromatic carbocycles. The maximum Gasteiger partial charge on any atom is 0.146 e. The van der Waals surface area contributed by atoms with E-state index in [1.807, 2.05) is 0 Å². The molecule has 0 fully saturated rings. The summed E-state index contributed by atoms with van der Waals surface area (Å²) in [7, 11) is 0. The zero-order valence-corrected chi connectivity index (χ0v) is 9.67. The largest absolute Gasteiger partial charge is 0.485 e. The van der Waals surface area contributed by atoms with Crippen LogP contribution >= 0.6 is 12.2 Å². The molecule has 0 aliphatic carbocycles. The molecule has 0 saturated heterocycles. The summed E-state index contributed by atoms with van der Waals surface area (Å²) in [6.07, 6.45) is 1.54. The molecule has 0 saturated carbocycles. The standard InChI is InChI=1S/C12H10FNO2S/c13-9-4-1-5-10(11(9)12(14)17)16-7-8-3-2-6-15-8/h1-6H,7H2,(H2,14,17). The molecule has 0 spiro atoms. The highest BCUT2D eigenvalue weighted by Crippen LogP contribution is 2.22. The van der Waals surface area contributed by atoms with Crippen LogP contribution in [0.3, 0.4) is 0 Å². The van der Waals surface area contributed by atoms with E-state index in [-0.39, 0.29) is 17.2 Å². The highest BCUT2D eigenvalue weighted by Gasteiger charge is 2.12. The van der Waals surface area contributed by atoms with Crippen LogP contribution in [0.4, 0.5) is 4.39 Å². The quantitative estimate of drug-likeness (QED) is 0.849. The second-order valence-electron chi connectivity index (χ2n) is 3.35. The van der Waals surface area contributed by atoms with Crippen molar-refractivity contribution in [3.05, 3.63) is 53.7 Å². The monoisotopic (exact) mass is 251 g/mol. The molecule has 5 heteroatoms. The van der Waals surface area contributed by atoms with Crippen molar-refractivity contribution >= 4 is 17.2 Å². The Balaban J connectivity index is 2.21. The van der Waals surface area contributed by atoms with Gasteiger partial charge in [-0.2, -0.15) is 0 Å². The van der Waals surface area contributed by atoms with Crippen LogP contribution in [0.5, 0.6) is 5.75 Å². The summed E-state index contributed by atoms with van der Waals surface area (Å²) >= 11 is 4.79. The zero-order chi connectivity index (χ0) is 12.3. The highest BCUT2D eigenvalue weighted by atomic mass is 32.1. The van der Waals surface area contributed by atoms with Crippen LogP contribution in [0.25, 0.3) is 0 Å². The van der Waals surface area contributed by atoms with Crippen LogP contribution in [0.15, 0.2) is 41.0 Å². The summed E-state index contributed by atoms with van der Waals surface area (Å²) in [5.74, 6) is 0.464. The molecule has 3 nitrogen and oxygen atoms in total. The van der Waals surface area contributed by atoms with E-state index < -0.39 is 5.82 Å². The van der Waals surface area contributed by atoms with Gasteiger partial charge in [0.25, 0.3) is 0 Å². The predicted molar refractivity (Wildman–Crippen MR) is 65.3 cm³/mol. The number of furan rings is 1. The molecule has 0 aliphatic rings. The van der Waals surface area contributed by atoms with Crippen molar-refractivity contribution in [2.75, 3.05) is 0 Å². The highest BCUT2D eigenvalue weighted by molar-refractivity contribution is 7.80. The van der Waals surface area contributed by atoms with Crippen molar-refractivity contribution in [2.45, 2.75) is 6.61 Å². The molecule has 17 heavy (non-hydrogen) atoms. The van der Waals surface area contributed by atoms with Gasteiger partial charge in [-0.1, -0.05) is 18.3 Å². The maximum atomic E-state index is 13.5. The second kappa shape index (κ2) is 4.97. The molecular weight excluding hydrogens is 241 g/mol. The van der Waals surface area contributed by atoms with Gasteiger partial charge in [0.2, 0.25) is 0 Å². The molecule has 2 aromatic rings. The summed E-state index contributed by atoms with van der Waals surface area (Å²) < 4.78 is 24.0. The fraction of sp³-hybridized carbons (Fsp3) is 0.0833. The first-order valence-corrected chi connectivity index (χ1v) is 5.33. The van der Waals surface area contributed by atoms with Crippen molar-refractivity contribution in [1.29, 1.82) is 0 Å². The Labute approximate surface area is 103 Å². The Bertz CT molecular complexity index is 525. The smallest absolute Gasteiger partial charge is 0.146 e. The van der Waals surface area contributed by atoms with Gasteiger partial charge in [-0.15, -0.1) is 0 Å². The molecule has 1 heterocycles. The molecule has 0 amide bonds. The van der Waals surface area contributed by atoms with Crippen LogP contribution < -0.4 is 10.5 Å². The van der Waals surface area contributed by atoms with Gasteiger partial charge in [0.1, 0.15) is 28.9 Å². The summed E-state index contributed by atoms with van der Waals surface area (Å²) in [5.41, 5.74) is 5.57. The van der Waals surface area contributed by atoms with Gasteiger partial charge in [0, 0.05) is 0 Å². The van der Waals surface area contributed by atoms with E-state index in [0.29, 0.717) is 11.5 Å². The zero-order valence-electron chi connectivity index (χ0n) is 8.85. The summed E-state index contributed by atoms with van der Waals surface area (Å²) in [6.45, 7) is 0.200. The fourth-order valence-electron chi connectivity index (χ4n) is 1.41. The van der Waals surface area contributed by atoms with Crippen molar-refractivity contribution in [3.8, 4) is 5.75 Å². The summed E-state index contributed by atoms with van der Waals surface area (Å²) in [6, 6.07) is 7.95. The molecule has 0 aliphatic heterocycles. The van der Waals surface area contributed by atoms with E-state index >= 15 is 0 Å². The van der Waals surface area contributed by atoms with Gasteiger partial charge in [0.15, 0.2) is 0 Å². The van der Waals surface area contributed by atoms with Crippen LogP contribution in [0, 0.1) is 5.82 Å². The minimum atomic E-state index is -0.491. The van der Waals surface area contributed by atoms with E-state index in [9.17, 15) is 4.39 Å². The molecule has 0 atom stereocenters. The molecule has 0 bridgehead atoms. The third-order valence-electron chi connectivity index (χ3n) is 2.17. The van der Waals surface area contributed by atoms with Gasteiger partial charge >= 0.3 is 0 Å². The first-order chi connectivity index (χ1) is 8.18. The van der Waals surface area contributed by atoms with Crippen molar-refractivity contribution in [2.24, 2.45) is 5.73 Å². The van der Waals surface area contributed by atoms with Crippen molar-refractivity contribution in [3.63, 3.8) is 0 Å². The molecule has 88 valence electrons. The van der Waals surface area contributed by atoms with Gasteiger partial charge in [0.05, 0.1) is 11.8 Å². The van der Waals surface area contributed by atoms with Crippen LogP contribution in [-0.2, 0) is 6.61 Å². The Morgan fingerprint density at radius 3 is 2.82 bits per heavy atom. The number of hydrogen-bond donors (Lipinski definition) is 1. The predicted octanol–water partition coefficient (Wildman–Crippen LogP) is 2.63. The van der Waals surface area contributed by atoms with Crippen LogP contribution in [0.2, 0.25) is 0 Å².